The van der Waals surface area contributed by atoms with Crippen LogP contribution in [0.4, 0.5) is 0 Å². The predicted molar refractivity (Wildman–Crippen MR) is 116 cm³/mol. The highest BCUT2D eigenvalue weighted by molar-refractivity contribution is 5.89. The predicted octanol–water partition coefficient (Wildman–Crippen LogP) is 0.837. The van der Waals surface area contributed by atoms with Crippen LogP contribution in [-0.4, -0.2) is 58.8 Å². The lowest BCUT2D eigenvalue weighted by Gasteiger charge is -2.35. The molecule has 3 heterocycles. The first-order valence-corrected chi connectivity index (χ1v) is 10.7. The zero-order chi connectivity index (χ0) is 24.7. The lowest BCUT2D eigenvalue weighted by Crippen LogP contribution is -2.54. The number of fused-ring (bicyclic) bond motifs is 1. The van der Waals surface area contributed by atoms with Crippen molar-refractivity contribution >= 4 is 11.9 Å². The first kappa shape index (κ1) is 23.9. The monoisotopic (exact) mass is 474 g/mol. The average molecular weight is 474 g/mol. The molecule has 11 heteroatoms. The molecule has 34 heavy (non-hydrogen) atoms. The molecule has 1 aromatic carbocycles. The van der Waals surface area contributed by atoms with Crippen LogP contribution in [0.25, 0.3) is 0 Å². The fraction of sp³-hybridized carbons (Fsp3) is 0.478. The molecule has 2 fully saturated rings. The van der Waals surface area contributed by atoms with E-state index in [1.807, 2.05) is 6.92 Å². The first-order chi connectivity index (χ1) is 16.0. The highest BCUT2D eigenvalue weighted by Crippen LogP contribution is 2.46. The van der Waals surface area contributed by atoms with E-state index in [2.05, 4.69) is 4.98 Å². The molecular formula is C23H26N2O9. The number of H-pyrrole nitrogens is 1. The number of rotatable bonds is 6. The smallest absolute Gasteiger partial charge is 0.338 e. The van der Waals surface area contributed by atoms with Crippen molar-refractivity contribution in [2.24, 2.45) is 0 Å². The number of aryl methyl sites for hydroxylation is 1. The summed E-state index contributed by atoms with van der Waals surface area (Å²) in [4.78, 5) is 50.7. The second-order valence-electron chi connectivity index (χ2n) is 8.75. The van der Waals surface area contributed by atoms with Crippen LogP contribution in [0.15, 0.2) is 46.1 Å². The molecule has 0 spiro atoms. The summed E-state index contributed by atoms with van der Waals surface area (Å²) in [5.74, 6) is -2.23. The normalized spacial score (nSPS) is 27.2. The zero-order valence-electron chi connectivity index (χ0n) is 19.2. The van der Waals surface area contributed by atoms with Gasteiger partial charge in [0.2, 0.25) is 5.72 Å². The van der Waals surface area contributed by atoms with Crippen molar-refractivity contribution in [1.82, 2.24) is 9.55 Å². The van der Waals surface area contributed by atoms with Gasteiger partial charge in [-0.2, -0.15) is 0 Å². The summed E-state index contributed by atoms with van der Waals surface area (Å²) in [6.07, 6.45) is -1.32. The van der Waals surface area contributed by atoms with E-state index in [-0.39, 0.29) is 6.61 Å². The van der Waals surface area contributed by atoms with Gasteiger partial charge >= 0.3 is 17.6 Å². The van der Waals surface area contributed by atoms with E-state index in [9.17, 15) is 19.2 Å². The Morgan fingerprint density at radius 2 is 1.76 bits per heavy atom. The molecule has 1 aromatic heterocycles. The molecular weight excluding hydrogens is 448 g/mol. The highest BCUT2D eigenvalue weighted by atomic mass is 16.8. The van der Waals surface area contributed by atoms with Gasteiger partial charge in [-0.05, 0) is 32.9 Å². The van der Waals surface area contributed by atoms with Gasteiger partial charge in [0.05, 0.1) is 5.56 Å². The van der Waals surface area contributed by atoms with Crippen LogP contribution in [-0.2, 0) is 34.2 Å². The molecule has 4 rings (SSSR count). The van der Waals surface area contributed by atoms with E-state index < -0.39 is 59.6 Å². The largest absolute Gasteiger partial charge is 0.461 e. The maximum Gasteiger partial charge on any atom is 0.338 e. The third-order valence-electron chi connectivity index (χ3n) is 5.68. The molecule has 182 valence electrons. The molecule has 4 atom stereocenters. The number of nitrogens with one attached hydrogen (secondary N) is 1. The van der Waals surface area contributed by atoms with E-state index in [4.69, 9.17) is 23.7 Å². The summed E-state index contributed by atoms with van der Waals surface area (Å²) in [6, 6.07) is 8.03. The third-order valence-corrected chi connectivity index (χ3v) is 5.68. The van der Waals surface area contributed by atoms with Gasteiger partial charge in [0, 0.05) is 19.2 Å². The van der Waals surface area contributed by atoms with Crippen LogP contribution >= 0.6 is 0 Å². The van der Waals surface area contributed by atoms with Gasteiger partial charge in [-0.3, -0.25) is 19.1 Å². The number of ether oxygens (including phenoxy) is 5. The third kappa shape index (κ3) is 4.54. The number of carbonyl (C=O) groups excluding carboxylic acids is 2. The Hall–Kier alpha value is -3.28. The van der Waals surface area contributed by atoms with Crippen molar-refractivity contribution in [3.05, 3.63) is 68.5 Å². The summed E-state index contributed by atoms with van der Waals surface area (Å²) in [6.45, 7) is 5.87. The molecule has 2 aliphatic heterocycles. The summed E-state index contributed by atoms with van der Waals surface area (Å²) in [7, 11) is 0. The fourth-order valence-electron chi connectivity index (χ4n) is 4.17. The van der Waals surface area contributed by atoms with Gasteiger partial charge < -0.3 is 23.7 Å². The summed E-state index contributed by atoms with van der Waals surface area (Å²) < 4.78 is 30.1. The Bertz CT molecular complexity index is 1200. The molecule has 0 bridgehead atoms. The van der Waals surface area contributed by atoms with Crippen LogP contribution in [0.3, 0.4) is 0 Å². The van der Waals surface area contributed by atoms with Gasteiger partial charge in [-0.1, -0.05) is 17.7 Å². The van der Waals surface area contributed by atoms with Gasteiger partial charge in [0.1, 0.15) is 31.5 Å². The van der Waals surface area contributed by atoms with Crippen LogP contribution in [0, 0.1) is 6.92 Å². The standard InChI is InChI=1S/C23H26N2O9/c1-13-5-7-15(8-6-13)20(28)30-11-16-18-19(34-22(3,4)33-18)23(32-16,12-31-14(2)26)25-10-9-17(27)24-21(25)29/h5-10,16,18-19H,11-12H2,1-4H3,(H,24,27,29)/t16-,18-,19-,23-/m1/s1. The topological polar surface area (TPSA) is 135 Å². The number of aromatic amines is 1. The molecule has 2 saturated heterocycles. The minimum absolute atomic E-state index is 0.215. The maximum absolute atomic E-state index is 12.7. The molecule has 0 aliphatic carbocycles. The first-order valence-electron chi connectivity index (χ1n) is 10.7. The summed E-state index contributed by atoms with van der Waals surface area (Å²) in [5, 5.41) is 0. The summed E-state index contributed by atoms with van der Waals surface area (Å²) >= 11 is 0. The molecule has 2 aliphatic rings. The van der Waals surface area contributed by atoms with Crippen molar-refractivity contribution < 1.29 is 33.3 Å². The number of nitrogens with zero attached hydrogens (tertiary/aromatic N) is 1. The Labute approximate surface area is 194 Å². The maximum atomic E-state index is 12.7. The Balaban J connectivity index is 1.67. The van der Waals surface area contributed by atoms with E-state index in [1.54, 1.807) is 38.1 Å². The number of hydrogen-bond acceptors (Lipinski definition) is 9. The summed E-state index contributed by atoms with van der Waals surface area (Å²) in [5.41, 5.74) is -1.70. The number of hydrogen-bond donors (Lipinski definition) is 1. The number of benzene rings is 1. The molecule has 0 unspecified atom stereocenters. The van der Waals surface area contributed by atoms with Crippen molar-refractivity contribution in [2.75, 3.05) is 13.2 Å². The zero-order valence-corrected chi connectivity index (χ0v) is 19.2. The van der Waals surface area contributed by atoms with Crippen LogP contribution < -0.4 is 11.2 Å². The SMILES string of the molecule is CC(=O)OC[C@@]1(n2ccc(=O)[nH]c2=O)O[C@H](COC(=O)c2ccc(C)cc2)[C@H]2OC(C)(C)O[C@H]21. The highest BCUT2D eigenvalue weighted by Gasteiger charge is 2.65. The van der Waals surface area contributed by atoms with Crippen molar-refractivity contribution in [3.8, 4) is 0 Å². The van der Waals surface area contributed by atoms with Crippen LogP contribution in [0.5, 0.6) is 0 Å². The fourth-order valence-corrected chi connectivity index (χ4v) is 4.17. The van der Waals surface area contributed by atoms with E-state index in [0.29, 0.717) is 5.56 Å². The molecule has 0 saturated carbocycles. The van der Waals surface area contributed by atoms with Gasteiger partial charge in [-0.25, -0.2) is 9.59 Å². The van der Waals surface area contributed by atoms with Crippen LogP contribution in [0.2, 0.25) is 0 Å². The molecule has 2 aromatic rings. The molecule has 0 amide bonds. The Morgan fingerprint density at radius 3 is 2.41 bits per heavy atom. The van der Waals surface area contributed by atoms with Crippen molar-refractivity contribution in [3.63, 3.8) is 0 Å². The van der Waals surface area contributed by atoms with E-state index in [1.165, 1.54) is 13.1 Å². The van der Waals surface area contributed by atoms with Crippen molar-refractivity contribution in [2.45, 2.75) is 57.5 Å². The molecule has 11 nitrogen and oxygen atoms in total. The van der Waals surface area contributed by atoms with Gasteiger partial charge in [0.25, 0.3) is 5.56 Å². The molecule has 1 N–H and O–H groups in total. The van der Waals surface area contributed by atoms with E-state index >= 15 is 0 Å². The van der Waals surface area contributed by atoms with Crippen LogP contribution in [0.1, 0.15) is 36.7 Å². The number of esters is 2. The number of aromatic nitrogens is 2. The van der Waals surface area contributed by atoms with E-state index in [0.717, 1.165) is 16.2 Å². The molecule has 0 radical (unpaired) electrons. The second kappa shape index (κ2) is 8.82. The second-order valence-corrected chi connectivity index (χ2v) is 8.75. The van der Waals surface area contributed by atoms with Gasteiger partial charge in [-0.15, -0.1) is 0 Å². The van der Waals surface area contributed by atoms with Gasteiger partial charge in [0.15, 0.2) is 5.79 Å². The minimum Gasteiger partial charge on any atom is -0.461 e. The Morgan fingerprint density at radius 1 is 1.06 bits per heavy atom. The lowest BCUT2D eigenvalue weighted by molar-refractivity contribution is -0.247. The van der Waals surface area contributed by atoms with Crippen molar-refractivity contribution in [1.29, 1.82) is 0 Å². The lowest BCUT2D eigenvalue weighted by atomic mass is 10.0. The minimum atomic E-state index is -1.67. The quantitative estimate of drug-likeness (QED) is 0.604. The Kier molecular flexibility index (Phi) is 6.19. The average Bonchev–Trinajstić information content (AvgIpc) is 3.23. The number of carbonyl (C=O) groups is 2.